The molecule has 0 radical (unpaired) electrons. The highest BCUT2D eigenvalue weighted by Crippen LogP contribution is 2.44. The molecule has 22 heavy (non-hydrogen) atoms. The van der Waals surface area contributed by atoms with Gasteiger partial charge in [-0.15, -0.1) is 0 Å². The van der Waals surface area contributed by atoms with Gasteiger partial charge in [0, 0.05) is 16.8 Å². The van der Waals surface area contributed by atoms with Gasteiger partial charge in [0.05, 0.1) is 20.6 Å². The van der Waals surface area contributed by atoms with Crippen molar-refractivity contribution < 1.29 is 9.16 Å². The molecular formula is C18H26N2OP+. The van der Waals surface area contributed by atoms with Gasteiger partial charge in [0.2, 0.25) is 0 Å². The van der Waals surface area contributed by atoms with Crippen LogP contribution in [0.2, 0.25) is 0 Å². The highest BCUT2D eigenvalue weighted by molar-refractivity contribution is 7.78. The van der Waals surface area contributed by atoms with Crippen LogP contribution in [0.3, 0.4) is 0 Å². The molecule has 0 unspecified atom stereocenters. The Hall–Kier alpha value is -1.41. The van der Waals surface area contributed by atoms with E-state index in [1.807, 2.05) is 74.8 Å². The lowest BCUT2D eigenvalue weighted by atomic mass is 10.3. The van der Waals surface area contributed by atoms with Gasteiger partial charge in [-0.1, -0.05) is 60.7 Å². The van der Waals surface area contributed by atoms with Crippen molar-refractivity contribution in [1.82, 2.24) is 0 Å². The van der Waals surface area contributed by atoms with Crippen LogP contribution in [-0.4, -0.2) is 31.4 Å². The van der Waals surface area contributed by atoms with E-state index in [0.717, 1.165) is 30.0 Å². The Balaban J connectivity index is 2.19. The molecule has 0 bridgehead atoms. The first-order chi connectivity index (χ1) is 10.4. The standard InChI is InChI=1S/C18H26N2OP/c1-20(2,19)15-9-10-16-22(21,17-11-5-3-6-12-17)18-13-7-4-8-14-18/h3-8,11-14H,9-10,15-16,19H2,1-2H3/q+1. The van der Waals surface area contributed by atoms with Crippen LogP contribution < -0.4 is 16.5 Å². The summed E-state index contributed by atoms with van der Waals surface area (Å²) in [5.41, 5.74) is 0. The first-order valence-corrected chi connectivity index (χ1v) is 9.63. The molecule has 2 aromatic rings. The van der Waals surface area contributed by atoms with E-state index in [1.54, 1.807) is 0 Å². The zero-order valence-corrected chi connectivity index (χ0v) is 14.4. The van der Waals surface area contributed by atoms with Crippen LogP contribution in [0.15, 0.2) is 60.7 Å². The lowest BCUT2D eigenvalue weighted by Crippen LogP contribution is -2.47. The Morgan fingerprint density at radius 3 is 1.73 bits per heavy atom. The topological polar surface area (TPSA) is 43.1 Å². The molecule has 0 aliphatic carbocycles. The van der Waals surface area contributed by atoms with Gasteiger partial charge >= 0.3 is 0 Å². The zero-order chi connectivity index (χ0) is 16.1. The van der Waals surface area contributed by atoms with Gasteiger partial charge in [-0.2, -0.15) is 5.84 Å². The van der Waals surface area contributed by atoms with Crippen molar-refractivity contribution in [3.8, 4) is 0 Å². The van der Waals surface area contributed by atoms with Crippen molar-refractivity contribution in [2.75, 3.05) is 26.8 Å². The molecule has 2 N–H and O–H groups in total. The van der Waals surface area contributed by atoms with Crippen LogP contribution in [-0.2, 0) is 4.57 Å². The van der Waals surface area contributed by atoms with Crippen molar-refractivity contribution in [2.24, 2.45) is 5.84 Å². The van der Waals surface area contributed by atoms with Crippen molar-refractivity contribution in [3.63, 3.8) is 0 Å². The van der Waals surface area contributed by atoms with Gasteiger partial charge in [-0.3, -0.25) is 4.59 Å². The summed E-state index contributed by atoms with van der Waals surface area (Å²) in [4.78, 5) is 0. The Morgan fingerprint density at radius 2 is 1.32 bits per heavy atom. The smallest absolute Gasteiger partial charge is 0.143 e. The van der Waals surface area contributed by atoms with Crippen molar-refractivity contribution in [3.05, 3.63) is 60.7 Å². The molecule has 4 heteroatoms. The number of rotatable bonds is 7. The van der Waals surface area contributed by atoms with Gasteiger partial charge in [0.25, 0.3) is 0 Å². The van der Waals surface area contributed by atoms with Crippen LogP contribution in [0.4, 0.5) is 0 Å². The number of nitrogens with zero attached hydrogens (tertiary/aromatic N) is 1. The summed E-state index contributed by atoms with van der Waals surface area (Å²) in [5.74, 6) is 5.98. The average Bonchev–Trinajstić information content (AvgIpc) is 2.52. The minimum absolute atomic E-state index is 0.459. The third-order valence-electron chi connectivity index (χ3n) is 3.80. The summed E-state index contributed by atoms with van der Waals surface area (Å²) in [6.45, 7) is 0.892. The van der Waals surface area contributed by atoms with Crippen LogP contribution in [0.25, 0.3) is 0 Å². The molecule has 0 amide bonds. The van der Waals surface area contributed by atoms with E-state index in [9.17, 15) is 4.57 Å². The third kappa shape index (κ3) is 4.54. The molecule has 0 aliphatic rings. The van der Waals surface area contributed by atoms with E-state index in [2.05, 4.69) is 0 Å². The maximum atomic E-state index is 13.7. The highest BCUT2D eigenvalue weighted by Gasteiger charge is 2.26. The second-order valence-electron chi connectivity index (χ2n) is 6.34. The summed E-state index contributed by atoms with van der Waals surface area (Å²) >= 11 is 0. The molecule has 3 nitrogen and oxygen atoms in total. The Kier molecular flexibility index (Phi) is 5.57. The molecule has 0 aromatic heterocycles. The maximum absolute atomic E-state index is 13.7. The van der Waals surface area contributed by atoms with Crippen molar-refractivity contribution in [2.45, 2.75) is 12.8 Å². The molecule has 0 saturated heterocycles. The quantitative estimate of drug-likeness (QED) is 0.280. The van der Waals surface area contributed by atoms with Crippen LogP contribution in [0.1, 0.15) is 12.8 Å². The van der Waals surface area contributed by atoms with Gasteiger partial charge in [-0.25, -0.2) is 0 Å². The summed E-state index contributed by atoms with van der Waals surface area (Å²) in [7, 11) is 1.41. The van der Waals surface area contributed by atoms with Gasteiger partial charge in [0.1, 0.15) is 7.14 Å². The lowest BCUT2D eigenvalue weighted by molar-refractivity contribution is -0.902. The van der Waals surface area contributed by atoms with E-state index in [0.29, 0.717) is 10.8 Å². The van der Waals surface area contributed by atoms with Gasteiger partial charge in [-0.05, 0) is 12.8 Å². The second kappa shape index (κ2) is 7.23. The lowest BCUT2D eigenvalue weighted by Gasteiger charge is -2.23. The third-order valence-corrected chi connectivity index (χ3v) is 7.01. The first kappa shape index (κ1) is 17.0. The minimum atomic E-state index is -2.55. The molecular weight excluding hydrogens is 291 g/mol. The fourth-order valence-electron chi connectivity index (χ4n) is 2.60. The zero-order valence-electron chi connectivity index (χ0n) is 13.5. The number of quaternary nitrogens is 1. The van der Waals surface area contributed by atoms with Crippen LogP contribution >= 0.6 is 7.14 Å². The molecule has 0 spiro atoms. The Bertz CT molecular complexity index is 577. The van der Waals surface area contributed by atoms with Crippen molar-refractivity contribution in [1.29, 1.82) is 0 Å². The molecule has 0 heterocycles. The monoisotopic (exact) mass is 317 g/mol. The SMILES string of the molecule is C[N+](C)(N)CCCCP(=O)(c1ccccc1)c1ccccc1. The number of nitrogens with two attached hydrogens (primary N) is 1. The van der Waals surface area contributed by atoms with E-state index >= 15 is 0 Å². The largest absolute Gasteiger partial charge is 0.314 e. The van der Waals surface area contributed by atoms with E-state index < -0.39 is 7.14 Å². The van der Waals surface area contributed by atoms with E-state index in [4.69, 9.17) is 5.84 Å². The number of benzene rings is 2. The highest BCUT2D eigenvalue weighted by atomic mass is 31.2. The average molecular weight is 317 g/mol. The maximum Gasteiger partial charge on any atom is 0.143 e. The molecule has 0 aliphatic heterocycles. The Labute approximate surface area is 133 Å². The van der Waals surface area contributed by atoms with Gasteiger partial charge in [0.15, 0.2) is 0 Å². The molecule has 118 valence electrons. The van der Waals surface area contributed by atoms with Crippen molar-refractivity contribution >= 4 is 17.8 Å². The fraction of sp³-hybridized carbons (Fsp3) is 0.333. The molecule has 0 fully saturated rings. The van der Waals surface area contributed by atoms with E-state index in [1.165, 1.54) is 0 Å². The predicted molar refractivity (Wildman–Crippen MR) is 95.0 cm³/mol. The molecule has 2 aromatic carbocycles. The summed E-state index contributed by atoms with van der Waals surface area (Å²) < 4.78 is 14.2. The number of unbranched alkanes of at least 4 members (excludes halogenated alkanes) is 1. The van der Waals surface area contributed by atoms with Gasteiger partial charge < -0.3 is 4.57 Å². The second-order valence-corrected chi connectivity index (χ2v) is 9.30. The number of hydrogen-bond acceptors (Lipinski definition) is 2. The summed E-state index contributed by atoms with van der Waals surface area (Å²) in [6.07, 6.45) is 2.59. The first-order valence-electron chi connectivity index (χ1n) is 7.74. The molecule has 2 rings (SSSR count). The normalized spacial score (nSPS) is 12.3. The predicted octanol–water partition coefficient (Wildman–Crippen LogP) is 2.73. The molecule has 0 saturated carbocycles. The Morgan fingerprint density at radius 1 is 0.864 bits per heavy atom. The summed E-state index contributed by atoms with van der Waals surface area (Å²) in [6, 6.07) is 19.7. The molecule has 0 atom stereocenters. The van der Waals surface area contributed by atoms with E-state index in [-0.39, 0.29) is 0 Å². The fourth-order valence-corrected chi connectivity index (χ4v) is 5.39. The minimum Gasteiger partial charge on any atom is -0.314 e. The van der Waals surface area contributed by atoms with Crippen LogP contribution in [0, 0.1) is 0 Å². The summed E-state index contributed by atoms with van der Waals surface area (Å²) in [5, 5.41) is 1.89. The number of hydrogen-bond donors (Lipinski definition) is 1. The van der Waals surface area contributed by atoms with Crippen LogP contribution in [0.5, 0.6) is 0 Å².